The van der Waals surface area contributed by atoms with Crippen LogP contribution in [0.3, 0.4) is 0 Å². The Kier molecular flexibility index (Phi) is 6.81. The third-order valence-electron chi connectivity index (χ3n) is 2.98. The van der Waals surface area contributed by atoms with Crippen LogP contribution in [0.1, 0.15) is 31.2 Å². The van der Waals surface area contributed by atoms with Crippen LogP contribution >= 0.6 is 11.6 Å². The number of rotatable bonds is 7. The fraction of sp³-hybridized carbons (Fsp3) is 0.500. The predicted octanol–water partition coefficient (Wildman–Crippen LogP) is 2.96. The lowest BCUT2D eigenvalue weighted by Crippen LogP contribution is -2.26. The van der Waals surface area contributed by atoms with Crippen molar-refractivity contribution >= 4 is 17.5 Å². The van der Waals surface area contributed by atoms with Gasteiger partial charge in [-0.05, 0) is 31.5 Å². The molecule has 0 heterocycles. The highest BCUT2D eigenvalue weighted by atomic mass is 35.5. The maximum atomic E-state index is 13.6. The Balaban J connectivity index is 2.50. The Bertz CT molecular complexity index is 406. The Morgan fingerprint density at radius 2 is 2.11 bits per heavy atom. The second-order valence-electron chi connectivity index (χ2n) is 4.55. The van der Waals surface area contributed by atoms with Gasteiger partial charge in [-0.3, -0.25) is 4.79 Å². The molecule has 0 bridgehead atoms. The van der Waals surface area contributed by atoms with Crippen LogP contribution in [0.2, 0.25) is 5.02 Å². The zero-order valence-corrected chi connectivity index (χ0v) is 11.9. The van der Waals surface area contributed by atoms with Crippen molar-refractivity contribution in [3.8, 4) is 0 Å². The largest absolute Gasteiger partial charge is 0.341 e. The minimum atomic E-state index is -0.379. The van der Waals surface area contributed by atoms with E-state index in [0.29, 0.717) is 23.6 Å². The van der Waals surface area contributed by atoms with Crippen molar-refractivity contribution in [3.05, 3.63) is 34.6 Å². The topological polar surface area (TPSA) is 46.3 Å². The molecule has 106 valence electrons. The molecule has 1 amide bonds. The van der Waals surface area contributed by atoms with E-state index in [0.717, 1.165) is 19.3 Å². The summed E-state index contributed by atoms with van der Waals surface area (Å²) in [5.41, 5.74) is 5.75. The fourth-order valence-electron chi connectivity index (χ4n) is 1.80. The van der Waals surface area contributed by atoms with Crippen LogP contribution < -0.4 is 5.73 Å². The Morgan fingerprint density at radius 1 is 1.37 bits per heavy atom. The molecular formula is C14H20ClFN2O. The minimum absolute atomic E-state index is 0.00339. The van der Waals surface area contributed by atoms with Gasteiger partial charge in [-0.25, -0.2) is 4.39 Å². The first-order valence-corrected chi connectivity index (χ1v) is 6.81. The molecule has 5 heteroatoms. The number of amides is 1. The number of unbranched alkanes of at least 4 members (excludes halogenated alkanes) is 2. The first kappa shape index (κ1) is 15.9. The number of halogens is 2. The van der Waals surface area contributed by atoms with Crippen molar-refractivity contribution in [3.63, 3.8) is 0 Å². The summed E-state index contributed by atoms with van der Waals surface area (Å²) < 4.78 is 13.6. The highest BCUT2D eigenvalue weighted by molar-refractivity contribution is 6.31. The molecule has 3 nitrogen and oxygen atoms in total. The van der Waals surface area contributed by atoms with Gasteiger partial charge >= 0.3 is 0 Å². The molecule has 0 aromatic heterocycles. The molecule has 0 saturated heterocycles. The molecule has 0 aliphatic carbocycles. The number of hydrogen-bond acceptors (Lipinski definition) is 2. The average Bonchev–Trinajstić information content (AvgIpc) is 2.38. The summed E-state index contributed by atoms with van der Waals surface area (Å²) in [6, 6.07) is 4.52. The van der Waals surface area contributed by atoms with Gasteiger partial charge in [0.2, 0.25) is 5.91 Å². The third-order valence-corrected chi connectivity index (χ3v) is 3.33. The molecule has 1 rings (SSSR count). The first-order chi connectivity index (χ1) is 9.06. The molecule has 1 aromatic carbocycles. The van der Waals surface area contributed by atoms with Crippen LogP contribution in [0, 0.1) is 5.82 Å². The molecule has 0 aliphatic rings. The predicted molar refractivity (Wildman–Crippen MR) is 75.4 cm³/mol. The summed E-state index contributed by atoms with van der Waals surface area (Å²) in [5.74, 6) is -0.383. The smallest absolute Gasteiger partial charge is 0.222 e. The van der Waals surface area contributed by atoms with E-state index in [1.54, 1.807) is 19.2 Å². The lowest BCUT2D eigenvalue weighted by Gasteiger charge is -2.18. The average molecular weight is 287 g/mol. The highest BCUT2D eigenvalue weighted by Crippen LogP contribution is 2.20. The minimum Gasteiger partial charge on any atom is -0.341 e. The van der Waals surface area contributed by atoms with Crippen LogP contribution in [-0.2, 0) is 11.3 Å². The lowest BCUT2D eigenvalue weighted by molar-refractivity contribution is -0.130. The van der Waals surface area contributed by atoms with Gasteiger partial charge < -0.3 is 10.6 Å². The maximum absolute atomic E-state index is 13.6. The van der Waals surface area contributed by atoms with Gasteiger partial charge in [0.1, 0.15) is 5.82 Å². The zero-order valence-electron chi connectivity index (χ0n) is 11.2. The standard InChI is InChI=1S/C14H20ClFN2O/c1-18(14(19)8-3-2-4-9-17)10-11-12(15)6-5-7-13(11)16/h5-7H,2-4,8-10,17H2,1H3. The molecule has 0 aliphatic heterocycles. The number of carbonyl (C=O) groups is 1. The summed E-state index contributed by atoms with van der Waals surface area (Å²) in [6.45, 7) is 0.843. The molecule has 1 aromatic rings. The van der Waals surface area contributed by atoms with E-state index in [1.807, 2.05) is 0 Å². The number of carbonyl (C=O) groups excluding carboxylic acids is 1. The van der Waals surface area contributed by atoms with E-state index < -0.39 is 0 Å². The van der Waals surface area contributed by atoms with Crippen LogP contribution in [0.25, 0.3) is 0 Å². The fourth-order valence-corrected chi connectivity index (χ4v) is 2.02. The van der Waals surface area contributed by atoms with Gasteiger partial charge in [0, 0.05) is 30.6 Å². The molecule has 0 fully saturated rings. The normalized spacial score (nSPS) is 10.5. The zero-order chi connectivity index (χ0) is 14.3. The summed E-state index contributed by atoms with van der Waals surface area (Å²) in [6.07, 6.45) is 3.14. The van der Waals surface area contributed by atoms with Crippen molar-refractivity contribution in [1.82, 2.24) is 4.90 Å². The van der Waals surface area contributed by atoms with E-state index in [4.69, 9.17) is 17.3 Å². The number of hydrogen-bond donors (Lipinski definition) is 1. The van der Waals surface area contributed by atoms with E-state index >= 15 is 0 Å². The first-order valence-electron chi connectivity index (χ1n) is 6.43. The second-order valence-corrected chi connectivity index (χ2v) is 4.96. The highest BCUT2D eigenvalue weighted by Gasteiger charge is 2.13. The van der Waals surface area contributed by atoms with Crippen LogP contribution in [-0.4, -0.2) is 24.4 Å². The van der Waals surface area contributed by atoms with Crippen molar-refractivity contribution in [2.75, 3.05) is 13.6 Å². The Hall–Kier alpha value is -1.13. The van der Waals surface area contributed by atoms with Crippen molar-refractivity contribution in [2.45, 2.75) is 32.2 Å². The van der Waals surface area contributed by atoms with Crippen molar-refractivity contribution in [2.24, 2.45) is 5.73 Å². The lowest BCUT2D eigenvalue weighted by atomic mass is 10.1. The van der Waals surface area contributed by atoms with E-state index in [9.17, 15) is 9.18 Å². The molecule has 19 heavy (non-hydrogen) atoms. The van der Waals surface area contributed by atoms with Crippen molar-refractivity contribution < 1.29 is 9.18 Å². The molecule has 2 N–H and O–H groups in total. The van der Waals surface area contributed by atoms with E-state index in [2.05, 4.69) is 0 Å². The van der Waals surface area contributed by atoms with Gasteiger partial charge in [-0.15, -0.1) is 0 Å². The Labute approximate surface area is 118 Å². The van der Waals surface area contributed by atoms with Crippen LogP contribution in [0.4, 0.5) is 4.39 Å². The quantitative estimate of drug-likeness (QED) is 0.783. The molecule has 0 unspecified atom stereocenters. The van der Waals surface area contributed by atoms with E-state index in [1.165, 1.54) is 11.0 Å². The molecule has 0 atom stereocenters. The summed E-state index contributed by atoms with van der Waals surface area (Å²) in [5, 5.41) is 0.350. The monoisotopic (exact) mass is 286 g/mol. The van der Waals surface area contributed by atoms with Crippen LogP contribution in [0.15, 0.2) is 18.2 Å². The number of nitrogens with two attached hydrogens (primary N) is 1. The van der Waals surface area contributed by atoms with E-state index in [-0.39, 0.29) is 18.3 Å². The molecular weight excluding hydrogens is 267 g/mol. The summed E-state index contributed by atoms with van der Waals surface area (Å²) >= 11 is 5.93. The Morgan fingerprint density at radius 3 is 2.74 bits per heavy atom. The van der Waals surface area contributed by atoms with Gasteiger partial charge in [0.05, 0.1) is 0 Å². The van der Waals surface area contributed by atoms with Crippen molar-refractivity contribution in [1.29, 1.82) is 0 Å². The van der Waals surface area contributed by atoms with Gasteiger partial charge in [0.25, 0.3) is 0 Å². The SMILES string of the molecule is CN(Cc1c(F)cccc1Cl)C(=O)CCCCCN. The third kappa shape index (κ3) is 5.17. The van der Waals surface area contributed by atoms with Gasteiger partial charge in [-0.2, -0.15) is 0 Å². The summed E-state index contributed by atoms with van der Waals surface area (Å²) in [7, 11) is 1.66. The van der Waals surface area contributed by atoms with Gasteiger partial charge in [0.15, 0.2) is 0 Å². The van der Waals surface area contributed by atoms with Crippen LogP contribution in [0.5, 0.6) is 0 Å². The van der Waals surface area contributed by atoms with Gasteiger partial charge in [-0.1, -0.05) is 24.1 Å². The summed E-state index contributed by atoms with van der Waals surface area (Å²) in [4.78, 5) is 13.4. The maximum Gasteiger partial charge on any atom is 0.222 e. The number of benzene rings is 1. The molecule has 0 saturated carbocycles. The number of nitrogens with zero attached hydrogens (tertiary/aromatic N) is 1. The molecule has 0 spiro atoms. The molecule has 0 radical (unpaired) electrons. The second kappa shape index (κ2) is 8.12.